The van der Waals surface area contributed by atoms with Gasteiger partial charge < -0.3 is 10.1 Å². The van der Waals surface area contributed by atoms with Crippen molar-refractivity contribution in [2.24, 2.45) is 0 Å². The lowest BCUT2D eigenvalue weighted by Gasteiger charge is -2.21. The molecule has 0 aliphatic heterocycles. The summed E-state index contributed by atoms with van der Waals surface area (Å²) in [6, 6.07) is 10.1. The molecule has 0 radical (unpaired) electrons. The molecule has 2 aromatic rings. The van der Waals surface area contributed by atoms with Crippen LogP contribution in [0.15, 0.2) is 40.9 Å². The number of methoxy groups -OCH3 is 1. The Balaban J connectivity index is 2.38. The van der Waals surface area contributed by atoms with Gasteiger partial charge in [-0.1, -0.05) is 36.7 Å². The summed E-state index contributed by atoms with van der Waals surface area (Å²) in [5.74, 6) is 0.422. The van der Waals surface area contributed by atoms with Crippen molar-refractivity contribution in [2.45, 2.75) is 19.4 Å². The molecule has 1 N–H and O–H groups in total. The highest BCUT2D eigenvalue weighted by Gasteiger charge is 2.17. The van der Waals surface area contributed by atoms with Crippen molar-refractivity contribution in [2.75, 3.05) is 12.4 Å². The van der Waals surface area contributed by atoms with Crippen LogP contribution in [0.5, 0.6) is 5.75 Å². The lowest BCUT2D eigenvalue weighted by atomic mass is 10.0. The van der Waals surface area contributed by atoms with Crippen LogP contribution in [0.25, 0.3) is 0 Å². The Morgan fingerprint density at radius 2 is 2.05 bits per heavy atom. The molecule has 0 aromatic heterocycles. The summed E-state index contributed by atoms with van der Waals surface area (Å²) in [6.07, 6.45) is 0.730. The molecule has 5 heteroatoms. The Morgan fingerprint density at radius 3 is 2.67 bits per heavy atom. The minimum Gasteiger partial charge on any atom is -0.493 e. The van der Waals surface area contributed by atoms with Gasteiger partial charge in [0.2, 0.25) is 0 Å². The molecule has 0 aliphatic carbocycles. The van der Waals surface area contributed by atoms with Crippen LogP contribution in [-0.4, -0.2) is 7.11 Å². The van der Waals surface area contributed by atoms with E-state index < -0.39 is 0 Å². The zero-order valence-corrected chi connectivity index (χ0v) is 14.1. The molecule has 0 amide bonds. The molecule has 21 heavy (non-hydrogen) atoms. The van der Waals surface area contributed by atoms with Gasteiger partial charge in [0.05, 0.1) is 23.3 Å². The van der Waals surface area contributed by atoms with E-state index in [4.69, 9.17) is 16.3 Å². The monoisotopic (exact) mass is 371 g/mol. The van der Waals surface area contributed by atoms with Gasteiger partial charge in [-0.05, 0) is 40.5 Å². The summed E-state index contributed by atoms with van der Waals surface area (Å²) >= 11 is 9.50. The predicted molar refractivity (Wildman–Crippen MR) is 88.8 cm³/mol. The van der Waals surface area contributed by atoms with Gasteiger partial charge >= 0.3 is 0 Å². The Kier molecular flexibility index (Phi) is 5.48. The first kappa shape index (κ1) is 16.1. The van der Waals surface area contributed by atoms with Crippen LogP contribution in [0.1, 0.15) is 24.9 Å². The second kappa shape index (κ2) is 7.14. The van der Waals surface area contributed by atoms with Crippen molar-refractivity contribution < 1.29 is 9.13 Å². The molecule has 0 aliphatic rings. The summed E-state index contributed by atoms with van der Waals surface area (Å²) in [6.45, 7) is 2.00. The largest absolute Gasteiger partial charge is 0.493 e. The van der Waals surface area contributed by atoms with Crippen LogP contribution in [0.2, 0.25) is 5.02 Å². The van der Waals surface area contributed by atoms with Gasteiger partial charge in [0.1, 0.15) is 5.82 Å². The minimum absolute atomic E-state index is 0.162. The highest BCUT2D eigenvalue weighted by molar-refractivity contribution is 9.10. The van der Waals surface area contributed by atoms with Crippen molar-refractivity contribution in [1.82, 2.24) is 0 Å². The van der Waals surface area contributed by atoms with E-state index in [9.17, 15) is 4.39 Å². The number of nitrogens with one attached hydrogen (secondary N) is 1. The molecule has 0 fully saturated rings. The van der Waals surface area contributed by atoms with Crippen molar-refractivity contribution in [3.63, 3.8) is 0 Å². The Bertz CT molecular complexity index is 636. The fourth-order valence-corrected chi connectivity index (χ4v) is 3.19. The number of halogens is 3. The van der Waals surface area contributed by atoms with Gasteiger partial charge in [-0.25, -0.2) is 4.39 Å². The molecule has 112 valence electrons. The fraction of sp³-hybridized carbons (Fsp3) is 0.250. The van der Waals surface area contributed by atoms with Crippen molar-refractivity contribution in [3.8, 4) is 5.75 Å². The molecule has 0 spiro atoms. The van der Waals surface area contributed by atoms with Crippen LogP contribution in [0, 0.1) is 5.82 Å². The molecule has 2 nitrogen and oxygen atoms in total. The Hall–Kier alpha value is -1.26. The van der Waals surface area contributed by atoms with Crippen LogP contribution < -0.4 is 10.1 Å². The van der Waals surface area contributed by atoms with Crippen LogP contribution in [0.4, 0.5) is 10.1 Å². The van der Waals surface area contributed by atoms with E-state index in [2.05, 4.69) is 21.2 Å². The maximum atomic E-state index is 14.0. The third kappa shape index (κ3) is 3.69. The van der Waals surface area contributed by atoms with E-state index in [1.807, 2.05) is 13.0 Å². The number of ether oxygens (including phenoxy) is 1. The predicted octanol–water partition coefficient (Wildman–Crippen LogP) is 5.81. The molecular weight excluding hydrogens is 357 g/mol. The number of hydrogen-bond donors (Lipinski definition) is 1. The van der Waals surface area contributed by atoms with Crippen molar-refractivity contribution in [1.29, 1.82) is 0 Å². The minimum atomic E-state index is -0.225. The summed E-state index contributed by atoms with van der Waals surface area (Å²) in [7, 11) is 1.59. The van der Waals surface area contributed by atoms with Gasteiger partial charge in [-0.15, -0.1) is 0 Å². The molecule has 0 heterocycles. The average molecular weight is 373 g/mol. The van der Waals surface area contributed by atoms with Gasteiger partial charge in [0, 0.05) is 10.6 Å². The zero-order valence-electron chi connectivity index (χ0n) is 11.8. The first-order valence-electron chi connectivity index (χ1n) is 6.60. The van der Waals surface area contributed by atoms with Crippen LogP contribution in [0.3, 0.4) is 0 Å². The summed E-state index contributed by atoms with van der Waals surface area (Å²) in [4.78, 5) is 0. The molecular formula is C16H16BrClFNO. The molecule has 1 unspecified atom stereocenters. The van der Waals surface area contributed by atoms with Crippen LogP contribution >= 0.6 is 27.5 Å². The Morgan fingerprint density at radius 1 is 1.33 bits per heavy atom. The third-order valence-corrected chi connectivity index (χ3v) is 4.04. The van der Waals surface area contributed by atoms with Gasteiger partial charge in [0.15, 0.2) is 5.75 Å². The molecule has 0 saturated heterocycles. The number of hydrogen-bond acceptors (Lipinski definition) is 2. The molecule has 2 rings (SSSR count). The third-order valence-electron chi connectivity index (χ3n) is 3.23. The molecule has 0 saturated carbocycles. The SMILES string of the molecule is CCC(Nc1cc(Cl)cc(Br)c1OC)c1ccccc1F. The average Bonchev–Trinajstić information content (AvgIpc) is 2.45. The number of anilines is 1. The quantitative estimate of drug-likeness (QED) is 0.714. The normalized spacial score (nSPS) is 12.0. The molecule has 1 atom stereocenters. The topological polar surface area (TPSA) is 21.3 Å². The second-order valence-electron chi connectivity index (χ2n) is 4.60. The van der Waals surface area contributed by atoms with E-state index in [1.54, 1.807) is 31.4 Å². The van der Waals surface area contributed by atoms with E-state index in [0.717, 1.165) is 16.6 Å². The van der Waals surface area contributed by atoms with Gasteiger partial charge in [-0.2, -0.15) is 0 Å². The Labute approximate surface area is 137 Å². The standard InChI is InChI=1S/C16H16BrClFNO/c1-3-14(11-6-4-5-7-13(11)19)20-15-9-10(18)8-12(17)16(15)21-2/h4-9,14,20H,3H2,1-2H3. The second-order valence-corrected chi connectivity index (χ2v) is 5.89. The maximum absolute atomic E-state index is 14.0. The zero-order chi connectivity index (χ0) is 15.4. The fourth-order valence-electron chi connectivity index (χ4n) is 2.22. The van der Waals surface area contributed by atoms with E-state index in [-0.39, 0.29) is 11.9 Å². The van der Waals surface area contributed by atoms with Crippen LogP contribution in [-0.2, 0) is 0 Å². The lowest BCUT2D eigenvalue weighted by Crippen LogP contribution is -2.12. The maximum Gasteiger partial charge on any atom is 0.156 e. The van der Waals surface area contributed by atoms with E-state index in [0.29, 0.717) is 16.3 Å². The first-order chi connectivity index (χ1) is 10.1. The molecule has 0 bridgehead atoms. The van der Waals surface area contributed by atoms with E-state index in [1.165, 1.54) is 6.07 Å². The highest BCUT2D eigenvalue weighted by atomic mass is 79.9. The number of rotatable bonds is 5. The first-order valence-corrected chi connectivity index (χ1v) is 7.78. The molecule has 2 aromatic carbocycles. The number of benzene rings is 2. The van der Waals surface area contributed by atoms with Crippen molar-refractivity contribution in [3.05, 3.63) is 57.3 Å². The summed E-state index contributed by atoms with van der Waals surface area (Å²) in [5.41, 5.74) is 1.35. The van der Waals surface area contributed by atoms with E-state index >= 15 is 0 Å². The summed E-state index contributed by atoms with van der Waals surface area (Å²) in [5, 5.41) is 3.88. The van der Waals surface area contributed by atoms with Gasteiger partial charge in [-0.3, -0.25) is 0 Å². The summed E-state index contributed by atoms with van der Waals surface area (Å²) < 4.78 is 20.1. The highest BCUT2D eigenvalue weighted by Crippen LogP contribution is 2.38. The lowest BCUT2D eigenvalue weighted by molar-refractivity contribution is 0.413. The van der Waals surface area contributed by atoms with Crippen molar-refractivity contribution >= 4 is 33.2 Å². The van der Waals surface area contributed by atoms with Gasteiger partial charge in [0.25, 0.3) is 0 Å². The smallest absolute Gasteiger partial charge is 0.156 e.